The Kier molecular flexibility index (Phi) is 4.59. The Morgan fingerprint density at radius 2 is 2.00 bits per heavy atom. The van der Waals surface area contributed by atoms with Crippen LogP contribution in [0.2, 0.25) is 5.02 Å². The van der Waals surface area contributed by atoms with E-state index >= 15 is 0 Å². The van der Waals surface area contributed by atoms with E-state index in [0.29, 0.717) is 27.2 Å². The van der Waals surface area contributed by atoms with Gasteiger partial charge >= 0.3 is 0 Å². The molecule has 0 unspecified atom stereocenters. The van der Waals surface area contributed by atoms with Crippen molar-refractivity contribution in [2.45, 2.75) is 6.92 Å². The number of carbonyl (C=O) groups excluding carboxylic acids is 1. The highest BCUT2D eigenvalue weighted by Gasteiger charge is 2.16. The Labute approximate surface area is 148 Å². The average Bonchev–Trinajstić information content (AvgIpc) is 2.96. The Hall–Kier alpha value is -2.31. The molecule has 0 aliphatic rings. The maximum atomic E-state index is 12.6. The zero-order valence-electron chi connectivity index (χ0n) is 13.3. The van der Waals surface area contributed by atoms with E-state index in [1.807, 2.05) is 19.1 Å². The van der Waals surface area contributed by atoms with Crippen LogP contribution in [0.3, 0.4) is 0 Å². The molecule has 0 spiro atoms. The van der Waals surface area contributed by atoms with Gasteiger partial charge in [0.25, 0.3) is 5.91 Å². The third kappa shape index (κ3) is 3.16. The molecular weight excluding hydrogens is 348 g/mol. The zero-order chi connectivity index (χ0) is 17.3. The van der Waals surface area contributed by atoms with Crippen molar-refractivity contribution in [3.63, 3.8) is 0 Å². The number of benzene rings is 2. The molecule has 0 saturated carbocycles. The fraction of sp³-hybridized carbons (Fsp3) is 0.176. The predicted molar refractivity (Wildman–Crippen MR) is 96.9 cm³/mol. The van der Waals surface area contributed by atoms with Crippen molar-refractivity contribution in [2.75, 3.05) is 19.5 Å². The zero-order valence-corrected chi connectivity index (χ0v) is 14.9. The van der Waals surface area contributed by atoms with E-state index in [0.717, 1.165) is 15.8 Å². The molecule has 5 nitrogen and oxygen atoms in total. The summed E-state index contributed by atoms with van der Waals surface area (Å²) in [5.41, 5.74) is 2.18. The largest absolute Gasteiger partial charge is 0.497 e. The van der Waals surface area contributed by atoms with Gasteiger partial charge in [0.2, 0.25) is 0 Å². The van der Waals surface area contributed by atoms with E-state index in [1.54, 1.807) is 25.3 Å². The number of aromatic nitrogens is 1. The molecule has 124 valence electrons. The lowest BCUT2D eigenvalue weighted by molar-refractivity contribution is 0.102. The first-order chi connectivity index (χ1) is 11.5. The van der Waals surface area contributed by atoms with E-state index in [9.17, 15) is 4.79 Å². The molecule has 0 fully saturated rings. The fourth-order valence-electron chi connectivity index (χ4n) is 2.36. The van der Waals surface area contributed by atoms with Gasteiger partial charge in [-0.15, -0.1) is 0 Å². The molecule has 3 aromatic rings. The van der Waals surface area contributed by atoms with Crippen LogP contribution in [0, 0.1) is 6.92 Å². The van der Waals surface area contributed by atoms with Crippen LogP contribution < -0.4 is 14.8 Å². The van der Waals surface area contributed by atoms with Gasteiger partial charge in [0.15, 0.2) is 5.13 Å². The summed E-state index contributed by atoms with van der Waals surface area (Å²) in [7, 11) is 3.06. The number of aryl methyl sites for hydroxylation is 1. The summed E-state index contributed by atoms with van der Waals surface area (Å²) in [6, 6.07) is 8.74. The van der Waals surface area contributed by atoms with Crippen molar-refractivity contribution in [1.29, 1.82) is 0 Å². The highest BCUT2D eigenvalue weighted by Crippen LogP contribution is 2.32. The third-order valence-electron chi connectivity index (χ3n) is 3.52. The topological polar surface area (TPSA) is 60.5 Å². The van der Waals surface area contributed by atoms with Crippen molar-refractivity contribution < 1.29 is 14.3 Å². The molecule has 3 rings (SSSR count). The Morgan fingerprint density at radius 3 is 2.71 bits per heavy atom. The number of methoxy groups -OCH3 is 2. The number of anilines is 1. The first-order valence-electron chi connectivity index (χ1n) is 7.12. The normalized spacial score (nSPS) is 10.7. The number of nitrogens with one attached hydrogen (secondary N) is 1. The molecule has 2 aromatic carbocycles. The van der Waals surface area contributed by atoms with Crippen molar-refractivity contribution in [2.24, 2.45) is 0 Å². The molecule has 1 aromatic heterocycles. The average molecular weight is 363 g/mol. The Morgan fingerprint density at radius 1 is 1.21 bits per heavy atom. The molecule has 0 bridgehead atoms. The van der Waals surface area contributed by atoms with Gasteiger partial charge in [0.05, 0.1) is 30.0 Å². The number of thiazole rings is 1. The van der Waals surface area contributed by atoms with Crippen LogP contribution in [0.15, 0.2) is 30.3 Å². The van der Waals surface area contributed by atoms with Crippen LogP contribution in [0.5, 0.6) is 11.5 Å². The highest BCUT2D eigenvalue weighted by molar-refractivity contribution is 7.22. The molecule has 0 saturated heterocycles. The molecule has 1 amide bonds. The van der Waals surface area contributed by atoms with Crippen LogP contribution in [0.1, 0.15) is 15.9 Å². The number of rotatable bonds is 4. The Balaban J connectivity index is 1.94. The summed E-state index contributed by atoms with van der Waals surface area (Å²) in [6.45, 7) is 1.94. The summed E-state index contributed by atoms with van der Waals surface area (Å²) < 4.78 is 11.3. The lowest BCUT2D eigenvalue weighted by Crippen LogP contribution is -2.13. The second kappa shape index (κ2) is 6.67. The summed E-state index contributed by atoms with van der Waals surface area (Å²) in [6.07, 6.45) is 0. The molecule has 0 atom stereocenters. The number of halogens is 1. The molecule has 1 heterocycles. The van der Waals surface area contributed by atoms with Crippen LogP contribution >= 0.6 is 22.9 Å². The maximum absolute atomic E-state index is 12.6. The van der Waals surface area contributed by atoms with E-state index < -0.39 is 0 Å². The van der Waals surface area contributed by atoms with Gasteiger partial charge in [-0.2, -0.15) is 0 Å². The van der Waals surface area contributed by atoms with Crippen molar-refractivity contribution in [3.8, 4) is 11.5 Å². The second-order valence-electron chi connectivity index (χ2n) is 5.11. The van der Waals surface area contributed by atoms with Gasteiger partial charge in [-0.1, -0.05) is 22.9 Å². The summed E-state index contributed by atoms with van der Waals surface area (Å²) >= 11 is 7.44. The van der Waals surface area contributed by atoms with Gasteiger partial charge in [-0.05, 0) is 42.8 Å². The number of hydrogen-bond donors (Lipinski definition) is 1. The minimum atomic E-state index is -0.312. The van der Waals surface area contributed by atoms with Gasteiger partial charge in [0.1, 0.15) is 11.5 Å². The number of ether oxygens (including phenoxy) is 2. The lowest BCUT2D eigenvalue weighted by atomic mass is 10.1. The minimum Gasteiger partial charge on any atom is -0.497 e. The first kappa shape index (κ1) is 16.5. The van der Waals surface area contributed by atoms with Gasteiger partial charge in [0, 0.05) is 5.02 Å². The van der Waals surface area contributed by atoms with Crippen molar-refractivity contribution >= 4 is 44.2 Å². The monoisotopic (exact) mass is 362 g/mol. The molecule has 7 heteroatoms. The molecule has 0 aliphatic heterocycles. The molecule has 0 radical (unpaired) electrons. The van der Waals surface area contributed by atoms with Crippen molar-refractivity contribution in [3.05, 3.63) is 46.5 Å². The number of fused-ring (bicyclic) bond motifs is 1. The molecule has 1 N–H and O–H groups in total. The van der Waals surface area contributed by atoms with E-state index in [-0.39, 0.29) is 5.91 Å². The summed E-state index contributed by atoms with van der Waals surface area (Å²) in [5.74, 6) is 0.732. The quantitative estimate of drug-likeness (QED) is 0.740. The standard InChI is InChI=1S/C17H15ClN2O3S/c1-9-6-10(18)7-14-15(9)19-17(24-14)20-16(21)12-8-11(22-2)4-5-13(12)23-3/h4-8H,1-3H3,(H,19,20,21). The summed E-state index contributed by atoms with van der Waals surface area (Å²) in [5, 5.41) is 3.96. The number of nitrogens with zero attached hydrogens (tertiary/aromatic N) is 1. The smallest absolute Gasteiger partial charge is 0.261 e. The van der Waals surface area contributed by atoms with Crippen LogP contribution in [0.25, 0.3) is 10.2 Å². The van der Waals surface area contributed by atoms with Gasteiger partial charge in [-0.3, -0.25) is 10.1 Å². The van der Waals surface area contributed by atoms with Gasteiger partial charge in [-0.25, -0.2) is 4.98 Å². The van der Waals surface area contributed by atoms with Crippen LogP contribution in [-0.4, -0.2) is 25.1 Å². The SMILES string of the molecule is COc1ccc(OC)c(C(=O)Nc2nc3c(C)cc(Cl)cc3s2)c1. The third-order valence-corrected chi connectivity index (χ3v) is 4.66. The van der Waals surface area contributed by atoms with Crippen LogP contribution in [0.4, 0.5) is 5.13 Å². The molecular formula is C17H15ClN2O3S. The number of hydrogen-bond acceptors (Lipinski definition) is 5. The molecule has 0 aliphatic carbocycles. The van der Waals surface area contributed by atoms with Crippen molar-refractivity contribution in [1.82, 2.24) is 4.98 Å². The maximum Gasteiger partial charge on any atom is 0.261 e. The fourth-order valence-corrected chi connectivity index (χ4v) is 3.68. The van der Waals surface area contributed by atoms with Gasteiger partial charge < -0.3 is 9.47 Å². The van der Waals surface area contributed by atoms with E-state index in [2.05, 4.69) is 10.3 Å². The lowest BCUT2D eigenvalue weighted by Gasteiger charge is -2.09. The van der Waals surface area contributed by atoms with E-state index in [4.69, 9.17) is 21.1 Å². The highest BCUT2D eigenvalue weighted by atomic mass is 35.5. The summed E-state index contributed by atoms with van der Waals surface area (Å²) in [4.78, 5) is 17.1. The van der Waals surface area contributed by atoms with E-state index in [1.165, 1.54) is 18.4 Å². The second-order valence-corrected chi connectivity index (χ2v) is 6.58. The predicted octanol–water partition coefficient (Wildman–Crippen LogP) is 4.53. The number of amides is 1. The minimum absolute atomic E-state index is 0.312. The Bertz CT molecular complexity index is 924. The number of carbonyl (C=O) groups is 1. The first-order valence-corrected chi connectivity index (χ1v) is 8.31. The molecule has 24 heavy (non-hydrogen) atoms. The van der Waals surface area contributed by atoms with Crippen LogP contribution in [-0.2, 0) is 0 Å².